The first-order valence-electron chi connectivity index (χ1n) is 7.30. The third-order valence-corrected chi connectivity index (χ3v) is 3.40. The van der Waals surface area contributed by atoms with Crippen LogP contribution in [0.2, 0.25) is 5.02 Å². The van der Waals surface area contributed by atoms with Crippen LogP contribution in [-0.4, -0.2) is 30.9 Å². The summed E-state index contributed by atoms with van der Waals surface area (Å²) in [6, 6.07) is 5.27. The van der Waals surface area contributed by atoms with Crippen molar-refractivity contribution < 1.29 is 36.7 Å². The van der Waals surface area contributed by atoms with E-state index in [-0.39, 0.29) is 16.5 Å². The van der Waals surface area contributed by atoms with E-state index >= 15 is 0 Å². The van der Waals surface area contributed by atoms with Gasteiger partial charge in [-0.15, -0.1) is 0 Å². The molecule has 2 rings (SSSR count). The minimum Gasteiger partial charge on any atom is -0.459 e. The molecule has 0 bridgehead atoms. The fraction of sp³-hybridized carbons (Fsp3) is 0.188. The first-order valence-corrected chi connectivity index (χ1v) is 7.68. The molecule has 0 aliphatic heterocycles. The van der Waals surface area contributed by atoms with Gasteiger partial charge in [-0.2, -0.15) is 13.2 Å². The molecular weight excluding hydrogens is 393 g/mol. The Kier molecular flexibility index (Phi) is 6.45. The topological polar surface area (TPSA) is 97.6 Å². The van der Waals surface area contributed by atoms with E-state index in [1.807, 2.05) is 0 Å². The van der Waals surface area contributed by atoms with E-state index in [0.29, 0.717) is 6.07 Å². The number of alkyl halides is 3. The molecule has 0 atom stereocenters. The van der Waals surface area contributed by atoms with E-state index in [1.165, 1.54) is 18.4 Å². The van der Waals surface area contributed by atoms with E-state index in [4.69, 9.17) is 16.0 Å². The summed E-state index contributed by atoms with van der Waals surface area (Å²) in [5, 5.41) is 4.20. The van der Waals surface area contributed by atoms with Gasteiger partial charge in [0.25, 0.3) is 11.8 Å². The molecule has 0 aliphatic carbocycles. The molecule has 144 valence electrons. The summed E-state index contributed by atoms with van der Waals surface area (Å²) in [5.74, 6) is -2.50. The van der Waals surface area contributed by atoms with Gasteiger partial charge < -0.3 is 19.8 Å². The first-order chi connectivity index (χ1) is 12.7. The lowest BCUT2D eigenvalue weighted by molar-refractivity contribution is -0.146. The Morgan fingerprint density at radius 2 is 1.93 bits per heavy atom. The van der Waals surface area contributed by atoms with Crippen LogP contribution in [0.3, 0.4) is 0 Å². The number of esters is 1. The molecule has 0 saturated carbocycles. The highest BCUT2D eigenvalue weighted by Gasteiger charge is 2.31. The van der Waals surface area contributed by atoms with Crippen molar-refractivity contribution in [3.63, 3.8) is 0 Å². The van der Waals surface area contributed by atoms with Crippen LogP contribution in [0.4, 0.5) is 18.9 Å². The average molecular weight is 405 g/mol. The lowest BCUT2D eigenvalue weighted by atomic mass is 10.2. The molecule has 0 saturated heterocycles. The van der Waals surface area contributed by atoms with Gasteiger partial charge >= 0.3 is 12.1 Å². The first kappa shape index (κ1) is 20.3. The van der Waals surface area contributed by atoms with Gasteiger partial charge in [0, 0.05) is 0 Å². The van der Waals surface area contributed by atoms with Crippen LogP contribution in [-0.2, 0) is 20.5 Å². The van der Waals surface area contributed by atoms with Gasteiger partial charge in [-0.1, -0.05) is 11.6 Å². The second-order valence-electron chi connectivity index (χ2n) is 5.06. The summed E-state index contributed by atoms with van der Waals surface area (Å²) in [6.07, 6.45) is -3.33. The van der Waals surface area contributed by atoms with Crippen molar-refractivity contribution in [3.05, 3.63) is 52.9 Å². The number of carbonyl (C=O) groups is 3. The molecular formula is C16H12ClF3N2O5. The Labute approximate surface area is 155 Å². The number of nitrogens with one attached hydrogen (secondary N) is 2. The minimum absolute atomic E-state index is 0.0141. The largest absolute Gasteiger partial charge is 0.459 e. The van der Waals surface area contributed by atoms with Gasteiger partial charge in [0.05, 0.1) is 22.5 Å². The number of ether oxygens (including phenoxy) is 1. The quantitative estimate of drug-likeness (QED) is 0.721. The summed E-state index contributed by atoms with van der Waals surface area (Å²) >= 11 is 5.74. The van der Waals surface area contributed by atoms with Gasteiger partial charge in [-0.3, -0.25) is 14.4 Å². The lowest BCUT2D eigenvalue weighted by Gasteiger charge is -2.12. The molecule has 27 heavy (non-hydrogen) atoms. The number of benzene rings is 1. The predicted molar refractivity (Wildman–Crippen MR) is 87.1 cm³/mol. The molecule has 2 N–H and O–H groups in total. The molecule has 0 radical (unpaired) electrons. The number of halogens is 4. The molecule has 0 unspecified atom stereocenters. The molecule has 1 aromatic carbocycles. The summed E-state index contributed by atoms with van der Waals surface area (Å²) in [7, 11) is 0. The van der Waals surface area contributed by atoms with Gasteiger partial charge in [0.2, 0.25) is 0 Å². The van der Waals surface area contributed by atoms with Crippen molar-refractivity contribution in [2.45, 2.75) is 6.18 Å². The van der Waals surface area contributed by atoms with Gasteiger partial charge in [-0.05, 0) is 30.3 Å². The van der Waals surface area contributed by atoms with Crippen molar-refractivity contribution in [1.82, 2.24) is 5.32 Å². The standard InChI is InChI=1S/C16H12ClF3N2O5/c17-10-4-3-9(16(18,19)20)6-11(10)22-13(23)8-27-14(24)7-21-15(25)12-2-1-5-26-12/h1-6H,7-8H2,(H,21,25)(H,22,23). The van der Waals surface area contributed by atoms with Crippen LogP contribution >= 0.6 is 11.6 Å². The number of amides is 2. The number of rotatable bonds is 6. The fourth-order valence-corrected chi connectivity index (χ4v) is 1.99. The summed E-state index contributed by atoms with van der Waals surface area (Å²) in [6.45, 7) is -1.31. The SMILES string of the molecule is O=C(COC(=O)CNC(=O)c1ccco1)Nc1cc(C(F)(F)F)ccc1Cl. The maximum Gasteiger partial charge on any atom is 0.416 e. The zero-order valence-electron chi connectivity index (χ0n) is 13.4. The van der Waals surface area contributed by atoms with E-state index < -0.39 is 42.7 Å². The summed E-state index contributed by atoms with van der Waals surface area (Å²) in [4.78, 5) is 34.8. The van der Waals surface area contributed by atoms with Gasteiger partial charge in [-0.25, -0.2) is 0 Å². The maximum atomic E-state index is 12.7. The number of anilines is 1. The number of hydrogen-bond acceptors (Lipinski definition) is 5. The zero-order valence-corrected chi connectivity index (χ0v) is 14.2. The monoisotopic (exact) mass is 404 g/mol. The van der Waals surface area contributed by atoms with Crippen LogP contribution in [0.1, 0.15) is 16.1 Å². The lowest BCUT2D eigenvalue weighted by Crippen LogP contribution is -2.32. The molecule has 7 nitrogen and oxygen atoms in total. The predicted octanol–water partition coefficient (Wildman–Crippen LogP) is 2.86. The molecule has 1 aromatic heterocycles. The summed E-state index contributed by atoms with van der Waals surface area (Å²) < 4.78 is 47.5. The highest BCUT2D eigenvalue weighted by atomic mass is 35.5. The van der Waals surface area contributed by atoms with E-state index in [0.717, 1.165) is 12.1 Å². The van der Waals surface area contributed by atoms with Crippen LogP contribution in [0.5, 0.6) is 0 Å². The minimum atomic E-state index is -4.61. The van der Waals surface area contributed by atoms with Crippen LogP contribution in [0.15, 0.2) is 41.0 Å². The van der Waals surface area contributed by atoms with Crippen LogP contribution in [0.25, 0.3) is 0 Å². The van der Waals surface area contributed by atoms with Crippen LogP contribution in [0, 0.1) is 0 Å². The fourth-order valence-electron chi connectivity index (χ4n) is 1.83. The Hall–Kier alpha value is -3.01. The number of carbonyl (C=O) groups excluding carboxylic acids is 3. The zero-order chi connectivity index (χ0) is 20.0. The van der Waals surface area contributed by atoms with Crippen LogP contribution < -0.4 is 10.6 Å². The molecule has 0 fully saturated rings. The van der Waals surface area contributed by atoms with Crippen molar-refractivity contribution in [2.24, 2.45) is 0 Å². The second kappa shape index (κ2) is 8.58. The van der Waals surface area contributed by atoms with Gasteiger partial charge in [0.1, 0.15) is 6.54 Å². The Morgan fingerprint density at radius 3 is 2.56 bits per heavy atom. The average Bonchev–Trinajstić information content (AvgIpc) is 3.13. The van der Waals surface area contributed by atoms with Crippen molar-refractivity contribution in [3.8, 4) is 0 Å². The van der Waals surface area contributed by atoms with Crippen molar-refractivity contribution >= 4 is 35.1 Å². The third-order valence-electron chi connectivity index (χ3n) is 3.07. The molecule has 0 aliphatic rings. The van der Waals surface area contributed by atoms with E-state index in [2.05, 4.69) is 15.4 Å². The van der Waals surface area contributed by atoms with Gasteiger partial charge in [0.15, 0.2) is 12.4 Å². The summed E-state index contributed by atoms with van der Waals surface area (Å²) in [5.41, 5.74) is -1.28. The highest BCUT2D eigenvalue weighted by molar-refractivity contribution is 6.33. The van der Waals surface area contributed by atoms with Crippen molar-refractivity contribution in [2.75, 3.05) is 18.5 Å². The highest BCUT2D eigenvalue weighted by Crippen LogP contribution is 2.33. The van der Waals surface area contributed by atoms with E-state index in [1.54, 1.807) is 0 Å². The smallest absolute Gasteiger partial charge is 0.416 e. The molecule has 0 spiro atoms. The normalized spacial score (nSPS) is 11.0. The molecule has 11 heteroatoms. The number of hydrogen-bond donors (Lipinski definition) is 2. The Bertz CT molecular complexity index is 837. The van der Waals surface area contributed by atoms with E-state index in [9.17, 15) is 27.6 Å². The molecule has 1 heterocycles. The Balaban J connectivity index is 1.82. The Morgan fingerprint density at radius 1 is 1.19 bits per heavy atom. The second-order valence-corrected chi connectivity index (χ2v) is 5.47. The van der Waals surface area contributed by atoms with Crippen molar-refractivity contribution in [1.29, 1.82) is 0 Å². The number of furan rings is 1. The molecule has 2 aromatic rings. The third kappa shape index (κ3) is 6.03. The molecule has 2 amide bonds. The maximum absolute atomic E-state index is 12.7.